The van der Waals surface area contributed by atoms with E-state index in [0.717, 1.165) is 6.42 Å². The molecule has 0 saturated carbocycles. The molecule has 108 valence electrons. The summed E-state index contributed by atoms with van der Waals surface area (Å²) in [5.41, 5.74) is -0.443. The van der Waals surface area contributed by atoms with Gasteiger partial charge in [0, 0.05) is 12.0 Å². The van der Waals surface area contributed by atoms with Gasteiger partial charge in [-0.05, 0) is 25.0 Å². The summed E-state index contributed by atoms with van der Waals surface area (Å²) in [6, 6.07) is 3.69. The first-order chi connectivity index (χ1) is 9.30. The van der Waals surface area contributed by atoms with E-state index in [1.165, 1.54) is 23.1 Å². The molecule has 1 atom stereocenters. The number of pyridine rings is 1. The van der Waals surface area contributed by atoms with E-state index in [1.807, 2.05) is 20.8 Å². The summed E-state index contributed by atoms with van der Waals surface area (Å²) in [5, 5.41) is 0. The van der Waals surface area contributed by atoms with Crippen LogP contribution >= 0.6 is 0 Å². The van der Waals surface area contributed by atoms with E-state index in [-0.39, 0.29) is 17.4 Å². The van der Waals surface area contributed by atoms with Crippen LogP contribution < -0.4 is 0 Å². The van der Waals surface area contributed by atoms with Gasteiger partial charge in [0.15, 0.2) is 5.78 Å². The second-order valence-electron chi connectivity index (χ2n) is 6.12. The summed E-state index contributed by atoms with van der Waals surface area (Å²) in [6.45, 7) is 6.05. The van der Waals surface area contributed by atoms with E-state index in [2.05, 4.69) is 4.98 Å². The van der Waals surface area contributed by atoms with Crippen LogP contribution in [0.3, 0.4) is 0 Å². The Bertz CT molecular complexity index is 537. The fourth-order valence-electron chi connectivity index (χ4n) is 2.46. The average molecular weight is 278 g/mol. The SMILES string of the molecule is CC(C)(C)C(=O)[C@@H]1CCCN1C(=O)c1cccc(F)n1. The van der Waals surface area contributed by atoms with Crippen molar-refractivity contribution in [1.82, 2.24) is 9.88 Å². The number of ketones is 1. The largest absolute Gasteiger partial charge is 0.327 e. The van der Waals surface area contributed by atoms with Gasteiger partial charge in [-0.15, -0.1) is 0 Å². The topological polar surface area (TPSA) is 50.3 Å². The molecule has 0 radical (unpaired) electrons. The molecule has 2 heterocycles. The summed E-state index contributed by atoms with van der Waals surface area (Å²) in [7, 11) is 0. The highest BCUT2D eigenvalue weighted by atomic mass is 19.1. The second kappa shape index (κ2) is 5.31. The molecule has 0 aliphatic carbocycles. The molecule has 1 saturated heterocycles. The summed E-state index contributed by atoms with van der Waals surface area (Å²) in [6.07, 6.45) is 1.45. The Kier molecular flexibility index (Phi) is 3.88. The number of nitrogens with zero attached hydrogens (tertiary/aromatic N) is 2. The van der Waals surface area contributed by atoms with Gasteiger partial charge in [-0.25, -0.2) is 4.98 Å². The number of hydrogen-bond acceptors (Lipinski definition) is 3. The lowest BCUT2D eigenvalue weighted by molar-refractivity contribution is -0.130. The molecule has 1 fully saturated rings. The minimum Gasteiger partial charge on any atom is -0.327 e. The number of carbonyl (C=O) groups is 2. The van der Waals surface area contributed by atoms with E-state index < -0.39 is 17.4 Å². The van der Waals surface area contributed by atoms with E-state index in [4.69, 9.17) is 0 Å². The molecule has 1 aromatic heterocycles. The van der Waals surface area contributed by atoms with Gasteiger partial charge in [0.2, 0.25) is 5.95 Å². The van der Waals surface area contributed by atoms with Gasteiger partial charge in [-0.3, -0.25) is 9.59 Å². The molecule has 0 spiro atoms. The molecule has 20 heavy (non-hydrogen) atoms. The molecule has 1 amide bonds. The highest BCUT2D eigenvalue weighted by Crippen LogP contribution is 2.27. The van der Waals surface area contributed by atoms with Crippen LogP contribution in [0.2, 0.25) is 0 Å². The number of Topliss-reactive ketones (excluding diaryl/α,β-unsaturated/α-hetero) is 1. The first-order valence-electron chi connectivity index (χ1n) is 6.78. The predicted molar refractivity (Wildman–Crippen MR) is 72.7 cm³/mol. The number of aromatic nitrogens is 1. The Hall–Kier alpha value is -1.78. The summed E-state index contributed by atoms with van der Waals surface area (Å²) in [5.74, 6) is -1.02. The first-order valence-corrected chi connectivity index (χ1v) is 6.78. The maximum absolute atomic E-state index is 13.1. The van der Waals surface area contributed by atoms with Crippen molar-refractivity contribution in [3.63, 3.8) is 0 Å². The number of carbonyl (C=O) groups excluding carboxylic acids is 2. The van der Waals surface area contributed by atoms with E-state index >= 15 is 0 Å². The summed E-state index contributed by atoms with van der Waals surface area (Å²) in [4.78, 5) is 29.9. The minimum atomic E-state index is -0.686. The van der Waals surface area contributed by atoms with Crippen LogP contribution in [0.4, 0.5) is 4.39 Å². The monoisotopic (exact) mass is 278 g/mol. The first kappa shape index (κ1) is 14.6. The molecule has 0 bridgehead atoms. The van der Waals surface area contributed by atoms with E-state index in [1.54, 1.807) is 0 Å². The highest BCUT2D eigenvalue weighted by Gasteiger charge is 2.39. The molecule has 4 nitrogen and oxygen atoms in total. The van der Waals surface area contributed by atoms with Gasteiger partial charge in [-0.1, -0.05) is 26.8 Å². The Morgan fingerprint density at radius 1 is 1.35 bits per heavy atom. The molecule has 1 aliphatic heterocycles. The van der Waals surface area contributed by atoms with Gasteiger partial charge in [0.05, 0.1) is 6.04 Å². The van der Waals surface area contributed by atoms with Crippen LogP contribution in [-0.2, 0) is 4.79 Å². The lowest BCUT2D eigenvalue weighted by atomic mass is 9.85. The molecule has 0 aromatic carbocycles. The van der Waals surface area contributed by atoms with Crippen LogP contribution in [-0.4, -0.2) is 34.2 Å². The third kappa shape index (κ3) is 2.86. The Labute approximate surface area is 118 Å². The molecule has 1 aliphatic rings. The van der Waals surface area contributed by atoms with Crippen LogP contribution in [0.15, 0.2) is 18.2 Å². The Balaban J connectivity index is 2.23. The van der Waals surface area contributed by atoms with Crippen molar-refractivity contribution in [1.29, 1.82) is 0 Å². The maximum Gasteiger partial charge on any atom is 0.273 e. The maximum atomic E-state index is 13.1. The van der Waals surface area contributed by atoms with Crippen molar-refractivity contribution >= 4 is 11.7 Å². The van der Waals surface area contributed by atoms with Crippen molar-refractivity contribution in [3.8, 4) is 0 Å². The molecule has 5 heteroatoms. The van der Waals surface area contributed by atoms with Gasteiger partial charge < -0.3 is 4.90 Å². The van der Waals surface area contributed by atoms with Crippen LogP contribution in [0, 0.1) is 11.4 Å². The fourth-order valence-corrected chi connectivity index (χ4v) is 2.46. The van der Waals surface area contributed by atoms with Crippen molar-refractivity contribution in [2.45, 2.75) is 39.7 Å². The number of hydrogen-bond donors (Lipinski definition) is 0. The van der Waals surface area contributed by atoms with Crippen molar-refractivity contribution in [2.24, 2.45) is 5.41 Å². The zero-order valence-electron chi connectivity index (χ0n) is 12.0. The zero-order chi connectivity index (χ0) is 14.9. The van der Waals surface area contributed by atoms with Crippen LogP contribution in [0.25, 0.3) is 0 Å². The van der Waals surface area contributed by atoms with Gasteiger partial charge >= 0.3 is 0 Å². The third-order valence-electron chi connectivity index (χ3n) is 3.49. The lowest BCUT2D eigenvalue weighted by Crippen LogP contribution is -2.45. The standard InChI is InChI=1S/C15H19FN2O2/c1-15(2,3)13(19)11-7-5-9-18(11)14(20)10-6-4-8-12(16)17-10/h4,6,8,11H,5,7,9H2,1-3H3/t11-/m0/s1. The highest BCUT2D eigenvalue weighted by molar-refractivity contribution is 5.98. The lowest BCUT2D eigenvalue weighted by Gasteiger charge is -2.28. The van der Waals surface area contributed by atoms with Gasteiger partial charge in [0.1, 0.15) is 5.69 Å². The normalized spacial score (nSPS) is 19.2. The van der Waals surface area contributed by atoms with E-state index in [9.17, 15) is 14.0 Å². The molecule has 2 rings (SSSR count). The fraction of sp³-hybridized carbons (Fsp3) is 0.533. The summed E-state index contributed by atoms with van der Waals surface area (Å²) >= 11 is 0. The van der Waals surface area contributed by atoms with Gasteiger partial charge in [-0.2, -0.15) is 4.39 Å². The number of halogens is 1. The second-order valence-corrected chi connectivity index (χ2v) is 6.12. The Morgan fingerprint density at radius 3 is 2.65 bits per heavy atom. The Morgan fingerprint density at radius 2 is 2.05 bits per heavy atom. The van der Waals surface area contributed by atoms with Crippen molar-refractivity contribution < 1.29 is 14.0 Å². The van der Waals surface area contributed by atoms with Crippen molar-refractivity contribution in [2.75, 3.05) is 6.54 Å². The molecule has 0 unspecified atom stereocenters. The zero-order valence-corrected chi connectivity index (χ0v) is 12.0. The number of likely N-dealkylation sites (tertiary alicyclic amines) is 1. The molecular weight excluding hydrogens is 259 g/mol. The molecule has 0 N–H and O–H groups in total. The average Bonchev–Trinajstić information content (AvgIpc) is 2.84. The third-order valence-corrected chi connectivity index (χ3v) is 3.49. The predicted octanol–water partition coefficient (Wildman–Crippen LogP) is 2.44. The molecule has 1 aromatic rings. The minimum absolute atomic E-state index is 0.0414. The van der Waals surface area contributed by atoms with Gasteiger partial charge in [0.25, 0.3) is 5.91 Å². The van der Waals surface area contributed by atoms with Crippen molar-refractivity contribution in [3.05, 3.63) is 29.8 Å². The number of rotatable bonds is 2. The van der Waals surface area contributed by atoms with Crippen LogP contribution in [0.1, 0.15) is 44.1 Å². The quantitative estimate of drug-likeness (QED) is 0.781. The summed E-state index contributed by atoms with van der Waals surface area (Å²) < 4.78 is 13.1. The molecular formula is C15H19FN2O2. The van der Waals surface area contributed by atoms with Crippen LogP contribution in [0.5, 0.6) is 0 Å². The smallest absolute Gasteiger partial charge is 0.273 e. The van der Waals surface area contributed by atoms with E-state index in [0.29, 0.717) is 13.0 Å². The number of amides is 1.